The smallest absolute Gasteiger partial charge is 0.274 e. The molecule has 1 aromatic carbocycles. The molecule has 1 aliphatic heterocycles. The first-order chi connectivity index (χ1) is 11.7. The van der Waals surface area contributed by atoms with Crippen LogP contribution >= 0.6 is 11.6 Å². The Morgan fingerprint density at radius 1 is 1.36 bits per heavy atom. The highest BCUT2D eigenvalue weighted by Gasteiger charge is 2.39. The molecule has 2 aromatic rings. The molecule has 134 valence electrons. The highest BCUT2D eigenvalue weighted by Crippen LogP contribution is 2.32. The summed E-state index contributed by atoms with van der Waals surface area (Å²) < 4.78 is 30.2. The van der Waals surface area contributed by atoms with Crippen molar-refractivity contribution in [3.05, 3.63) is 46.7 Å². The van der Waals surface area contributed by atoms with Crippen molar-refractivity contribution in [1.29, 1.82) is 0 Å². The third-order valence-electron chi connectivity index (χ3n) is 4.21. The summed E-state index contributed by atoms with van der Waals surface area (Å²) in [4.78, 5) is 12.8. The van der Waals surface area contributed by atoms with Gasteiger partial charge < -0.3 is 10.1 Å². The summed E-state index contributed by atoms with van der Waals surface area (Å²) in [6.07, 6.45) is 3.28. The van der Waals surface area contributed by atoms with Crippen molar-refractivity contribution in [2.24, 2.45) is 7.05 Å². The first-order valence-corrected chi connectivity index (χ1v) is 9.88. The van der Waals surface area contributed by atoms with Crippen LogP contribution in [0.5, 0.6) is 0 Å². The number of carbonyl (C=O) groups excluding carboxylic acids is 1. The predicted octanol–water partition coefficient (Wildman–Crippen LogP) is 1.52. The van der Waals surface area contributed by atoms with Gasteiger partial charge in [0.05, 0.1) is 22.1 Å². The summed E-state index contributed by atoms with van der Waals surface area (Å²) in [7, 11) is -1.60. The van der Waals surface area contributed by atoms with Gasteiger partial charge in [0.2, 0.25) is 0 Å². The Kier molecular flexibility index (Phi) is 4.61. The number of amides is 1. The molecule has 0 radical (unpaired) electrons. The number of halogens is 1. The second-order valence-corrected chi connectivity index (χ2v) is 8.56. The number of hydrogen-bond donors (Lipinski definition) is 1. The topological polar surface area (TPSA) is 90.3 Å². The van der Waals surface area contributed by atoms with Gasteiger partial charge in [-0.25, -0.2) is 8.42 Å². The third-order valence-corrected chi connectivity index (χ3v) is 5.61. The number of carbonyl (C=O) groups is 1. The number of ether oxygens (including phenoxy) is 1. The van der Waals surface area contributed by atoms with Crippen LogP contribution in [0.2, 0.25) is 5.02 Å². The summed E-state index contributed by atoms with van der Waals surface area (Å²) in [5.74, 6) is -0.400. The van der Waals surface area contributed by atoms with Gasteiger partial charge in [-0.15, -0.1) is 0 Å². The van der Waals surface area contributed by atoms with Crippen LogP contribution < -0.4 is 5.32 Å². The molecule has 1 aromatic heterocycles. The number of hydrogen-bond acceptors (Lipinski definition) is 5. The molecule has 1 aliphatic rings. The lowest BCUT2D eigenvalue weighted by Gasteiger charge is -2.29. The molecule has 1 amide bonds. The summed E-state index contributed by atoms with van der Waals surface area (Å²) >= 11 is 6.05. The molecular weight excluding hydrogens is 366 g/mol. The summed E-state index contributed by atoms with van der Waals surface area (Å²) in [6, 6.07) is 6.46. The zero-order chi connectivity index (χ0) is 18.2. The van der Waals surface area contributed by atoms with Crippen LogP contribution in [0.3, 0.4) is 0 Å². The van der Waals surface area contributed by atoms with E-state index in [1.54, 1.807) is 25.4 Å². The summed E-state index contributed by atoms with van der Waals surface area (Å²) in [5, 5.41) is 7.30. The molecule has 2 heterocycles. The Bertz CT molecular complexity index is 900. The molecule has 0 bridgehead atoms. The van der Waals surface area contributed by atoms with E-state index in [1.807, 2.05) is 0 Å². The first kappa shape index (κ1) is 17.9. The number of aromatic nitrogens is 2. The lowest BCUT2D eigenvalue weighted by atomic mass is 9.89. The van der Waals surface area contributed by atoms with Crippen LogP contribution in [-0.2, 0) is 27.2 Å². The molecule has 7 nitrogen and oxygen atoms in total. The Morgan fingerprint density at radius 3 is 2.52 bits per heavy atom. The lowest BCUT2D eigenvalue weighted by Crippen LogP contribution is -2.46. The summed E-state index contributed by atoms with van der Waals surface area (Å²) in [6.45, 7) is 0.783. The van der Waals surface area contributed by atoms with E-state index in [-0.39, 0.29) is 15.6 Å². The molecule has 3 rings (SSSR count). The first-order valence-electron chi connectivity index (χ1n) is 7.61. The minimum Gasteiger partial charge on any atom is -0.379 e. The van der Waals surface area contributed by atoms with E-state index in [4.69, 9.17) is 16.3 Å². The quantitative estimate of drug-likeness (QED) is 0.864. The Hall–Kier alpha value is -1.90. The van der Waals surface area contributed by atoms with Gasteiger partial charge >= 0.3 is 0 Å². The van der Waals surface area contributed by atoms with Crippen LogP contribution in [0.4, 0.5) is 0 Å². The van der Waals surface area contributed by atoms with Crippen molar-refractivity contribution < 1.29 is 17.9 Å². The van der Waals surface area contributed by atoms with Gasteiger partial charge in [0.25, 0.3) is 5.91 Å². The van der Waals surface area contributed by atoms with E-state index in [2.05, 4.69) is 10.4 Å². The molecule has 0 saturated carbocycles. The Labute approximate surface area is 150 Å². The standard InChI is InChI=1S/C16H18ClN3O4S/c1-20-9-13(17)14(19-20)15(21)18-16(7-8-24-10-16)11-3-5-12(6-4-11)25(2,22)23/h3-6,9H,7-8,10H2,1-2H3,(H,18,21). The highest BCUT2D eigenvalue weighted by molar-refractivity contribution is 7.90. The summed E-state index contributed by atoms with van der Waals surface area (Å²) in [5.41, 5.74) is 0.175. The van der Waals surface area contributed by atoms with Crippen molar-refractivity contribution >= 4 is 27.3 Å². The monoisotopic (exact) mass is 383 g/mol. The molecular formula is C16H18ClN3O4S. The van der Waals surface area contributed by atoms with E-state index >= 15 is 0 Å². The van der Waals surface area contributed by atoms with E-state index in [0.717, 1.165) is 11.8 Å². The fourth-order valence-corrected chi connectivity index (χ4v) is 3.77. The third kappa shape index (κ3) is 3.56. The number of aryl methyl sites for hydroxylation is 1. The number of nitrogens with one attached hydrogen (secondary N) is 1. The molecule has 1 fully saturated rings. The minimum atomic E-state index is -3.28. The average Bonchev–Trinajstić information content (AvgIpc) is 3.14. The minimum absolute atomic E-state index is 0.142. The van der Waals surface area contributed by atoms with Gasteiger partial charge in [-0.3, -0.25) is 9.48 Å². The van der Waals surface area contributed by atoms with E-state index in [0.29, 0.717) is 19.6 Å². The zero-order valence-corrected chi connectivity index (χ0v) is 15.4. The number of sulfone groups is 1. The maximum absolute atomic E-state index is 12.6. The van der Waals surface area contributed by atoms with Crippen LogP contribution in [0.15, 0.2) is 35.4 Å². The van der Waals surface area contributed by atoms with Gasteiger partial charge in [-0.2, -0.15) is 5.10 Å². The molecule has 0 spiro atoms. The van der Waals surface area contributed by atoms with E-state index < -0.39 is 21.3 Å². The zero-order valence-electron chi connectivity index (χ0n) is 13.8. The fraction of sp³-hybridized carbons (Fsp3) is 0.375. The Morgan fingerprint density at radius 2 is 2.04 bits per heavy atom. The maximum atomic E-state index is 12.6. The largest absolute Gasteiger partial charge is 0.379 e. The molecule has 9 heteroatoms. The second-order valence-electron chi connectivity index (χ2n) is 6.13. The number of nitrogens with zero attached hydrogens (tertiary/aromatic N) is 2. The lowest BCUT2D eigenvalue weighted by molar-refractivity contribution is 0.0870. The highest BCUT2D eigenvalue weighted by atomic mass is 35.5. The van der Waals surface area contributed by atoms with Crippen LogP contribution in [0, 0.1) is 0 Å². The van der Waals surface area contributed by atoms with Crippen LogP contribution in [0.25, 0.3) is 0 Å². The molecule has 1 N–H and O–H groups in total. The SMILES string of the molecule is Cn1cc(Cl)c(C(=O)NC2(c3ccc(S(C)(=O)=O)cc3)CCOC2)n1. The van der Waals surface area contributed by atoms with Gasteiger partial charge in [0, 0.05) is 32.5 Å². The van der Waals surface area contributed by atoms with E-state index in [1.165, 1.54) is 16.8 Å². The second kappa shape index (κ2) is 6.44. The Balaban J connectivity index is 1.92. The van der Waals surface area contributed by atoms with Crippen molar-refractivity contribution in [3.63, 3.8) is 0 Å². The van der Waals surface area contributed by atoms with Gasteiger partial charge in [-0.1, -0.05) is 23.7 Å². The normalized spacial score (nSPS) is 20.6. The van der Waals surface area contributed by atoms with Crippen molar-refractivity contribution in [2.75, 3.05) is 19.5 Å². The van der Waals surface area contributed by atoms with Crippen molar-refractivity contribution in [3.8, 4) is 0 Å². The van der Waals surface area contributed by atoms with Gasteiger partial charge in [0.1, 0.15) is 0 Å². The van der Waals surface area contributed by atoms with Gasteiger partial charge in [-0.05, 0) is 17.7 Å². The number of rotatable bonds is 4. The van der Waals surface area contributed by atoms with Gasteiger partial charge in [0.15, 0.2) is 15.5 Å². The maximum Gasteiger partial charge on any atom is 0.274 e. The predicted molar refractivity (Wildman–Crippen MR) is 92.4 cm³/mol. The molecule has 0 aliphatic carbocycles. The average molecular weight is 384 g/mol. The molecule has 1 saturated heterocycles. The van der Waals surface area contributed by atoms with Crippen LogP contribution in [-0.4, -0.2) is 43.6 Å². The fourth-order valence-electron chi connectivity index (χ4n) is 2.87. The molecule has 1 atom stereocenters. The molecule has 1 unspecified atom stereocenters. The number of benzene rings is 1. The molecule has 25 heavy (non-hydrogen) atoms. The van der Waals surface area contributed by atoms with Crippen LogP contribution in [0.1, 0.15) is 22.5 Å². The van der Waals surface area contributed by atoms with E-state index in [9.17, 15) is 13.2 Å². The van der Waals surface area contributed by atoms with Crippen molar-refractivity contribution in [1.82, 2.24) is 15.1 Å². The van der Waals surface area contributed by atoms with Crippen molar-refractivity contribution in [2.45, 2.75) is 16.9 Å².